The van der Waals surface area contributed by atoms with Crippen LogP contribution in [0.2, 0.25) is 0 Å². The molecule has 3 heterocycles. The zero-order valence-electron chi connectivity index (χ0n) is 42.1. The number of methoxy groups -OCH3 is 2. The molecule has 2 aliphatic rings. The molecule has 1 saturated heterocycles. The highest BCUT2D eigenvalue weighted by Gasteiger charge is 2.21. The number of amides is 1. The third-order valence-electron chi connectivity index (χ3n) is 8.85. The van der Waals surface area contributed by atoms with Crippen molar-refractivity contribution >= 4 is 31.4 Å². The largest absolute Gasteiger partial charge is 0.471 e. The average Bonchev–Trinajstić information content (AvgIpc) is 3.95. The Morgan fingerprint density at radius 1 is 1.12 bits per heavy atom. The van der Waals surface area contributed by atoms with Gasteiger partial charge in [0, 0.05) is 82.6 Å². The maximum absolute atomic E-state index is 11.8. The molecule has 1 amide bonds. The van der Waals surface area contributed by atoms with E-state index in [0.717, 1.165) is 77.7 Å². The lowest BCUT2D eigenvalue weighted by Gasteiger charge is -2.26. The fourth-order valence-corrected chi connectivity index (χ4v) is 6.10. The lowest BCUT2D eigenvalue weighted by molar-refractivity contribution is -0.129. The molecule has 4 rings (SSSR count). The van der Waals surface area contributed by atoms with Crippen molar-refractivity contribution in [1.29, 1.82) is 0 Å². The number of nitrogens with two attached hydrogens (primary N) is 1. The third-order valence-corrected chi connectivity index (χ3v) is 8.85. The summed E-state index contributed by atoms with van der Waals surface area (Å²) >= 11 is 0. The number of allylic oxidation sites excluding steroid dienone is 4. The number of nitrogens with zero attached hydrogens (tertiary/aromatic N) is 5. The zero-order valence-corrected chi connectivity index (χ0v) is 42.1. The van der Waals surface area contributed by atoms with Gasteiger partial charge in [-0.15, -0.1) is 0 Å². The molecule has 65 heavy (non-hydrogen) atoms. The summed E-state index contributed by atoms with van der Waals surface area (Å²) in [5, 5.41) is 6.18. The standard InChI is InChI=1S/C28H34N6O2.C11H21N.C5H13N.C2H4O2.C2H6O.CH5N.CH2O/c1-5-15-34(21(3)35)19-27-31-18-25(33-27)17-22-9-11-24(12-10-22)28(29-4)36-16-7-8-23(6-2)26-13-14-30-20-32-26;1-9(2)8-11(4)12-7-5-6-10(12)3;1-5(2)4-6-3;1-4-2-3;1-3-2;2*1-2/h6-13,16,18,20H,2,5,14-15,17,19H2,1,3-4H3,(H,30,32)(H,31,33);9-10H,4-8H2,1-3H3;5-6H,4H2,1-3H3;2H,1H3;1-2H3;2H2,1H3;1H2/b16-7+,23-8+,29-28?;;;;;;. The van der Waals surface area contributed by atoms with Crippen LogP contribution in [0.25, 0.3) is 0 Å². The number of benzene rings is 1. The molecule has 0 radical (unpaired) electrons. The van der Waals surface area contributed by atoms with E-state index in [0.29, 0.717) is 31.9 Å². The molecule has 2 aliphatic heterocycles. The summed E-state index contributed by atoms with van der Waals surface area (Å²) in [5.74, 6) is 2.91. The predicted molar refractivity (Wildman–Crippen MR) is 271 cm³/mol. The number of likely N-dealkylation sites (tertiary alicyclic amines) is 1. The molecule has 1 aromatic carbocycles. The third kappa shape index (κ3) is 31.0. The lowest BCUT2D eigenvalue weighted by Crippen LogP contribution is -2.29. The van der Waals surface area contributed by atoms with Crippen molar-refractivity contribution < 1.29 is 28.6 Å². The van der Waals surface area contributed by atoms with Crippen molar-refractivity contribution in [3.8, 4) is 0 Å². The minimum absolute atomic E-state index is 0.0570. The number of carbonyl (C=O) groups is 3. The molecule has 1 unspecified atom stereocenters. The first-order valence-electron chi connectivity index (χ1n) is 22.0. The van der Waals surface area contributed by atoms with E-state index in [9.17, 15) is 4.79 Å². The predicted octanol–water partition coefficient (Wildman–Crippen LogP) is 7.63. The number of hydrogen-bond donors (Lipinski definition) is 4. The molecule has 0 saturated carbocycles. The molecule has 1 atom stereocenters. The molecule has 0 aliphatic carbocycles. The van der Waals surface area contributed by atoms with E-state index in [4.69, 9.17) is 14.3 Å². The van der Waals surface area contributed by atoms with Crippen LogP contribution in [0.3, 0.4) is 0 Å². The Bertz CT molecular complexity index is 1700. The number of ether oxygens (including phenoxy) is 3. The molecule has 5 N–H and O–H groups in total. The van der Waals surface area contributed by atoms with Crippen molar-refractivity contribution in [3.05, 3.63) is 114 Å². The first-order valence-corrected chi connectivity index (χ1v) is 22.0. The number of imidazole rings is 1. The number of aromatic nitrogens is 2. The Morgan fingerprint density at radius 3 is 2.18 bits per heavy atom. The smallest absolute Gasteiger partial charge is 0.292 e. The zero-order chi connectivity index (χ0) is 50.0. The Kier molecular flexibility index (Phi) is 41.4. The van der Waals surface area contributed by atoms with Crippen LogP contribution in [0.15, 0.2) is 101 Å². The van der Waals surface area contributed by atoms with Gasteiger partial charge >= 0.3 is 0 Å². The highest BCUT2D eigenvalue weighted by atomic mass is 16.5. The van der Waals surface area contributed by atoms with Crippen LogP contribution in [-0.2, 0) is 41.6 Å². The lowest BCUT2D eigenvalue weighted by atomic mass is 10.1. The van der Waals surface area contributed by atoms with E-state index < -0.39 is 0 Å². The Hall–Kier alpha value is -5.64. The van der Waals surface area contributed by atoms with Gasteiger partial charge in [0.05, 0.1) is 32.8 Å². The van der Waals surface area contributed by atoms with Crippen LogP contribution in [0.1, 0.15) is 96.8 Å². The molecule has 366 valence electrons. The number of nitrogens with one attached hydrogen (secondary N) is 3. The summed E-state index contributed by atoms with van der Waals surface area (Å²) in [5.41, 5.74) is 10.8. The first-order chi connectivity index (χ1) is 31.2. The summed E-state index contributed by atoms with van der Waals surface area (Å²) in [6.45, 7) is 29.5. The highest BCUT2D eigenvalue weighted by Crippen LogP contribution is 2.24. The topological polar surface area (TPSA) is 189 Å². The molecule has 1 aromatic heterocycles. The molecule has 1 fully saturated rings. The first kappa shape index (κ1) is 63.6. The van der Waals surface area contributed by atoms with Crippen LogP contribution in [-0.4, -0.2) is 126 Å². The minimum atomic E-state index is 0.0570. The number of H-pyrrole nitrogens is 1. The molecule has 15 heteroatoms. The second-order valence-electron chi connectivity index (χ2n) is 15.3. The Morgan fingerprint density at radius 2 is 1.75 bits per heavy atom. The SMILES string of the molecule is C=C(CC(C)C)N1CCCC1C.C=C/C(=C\C=C\OC(=NC)c1ccc(Cc2cnc(CN(CCC)C(C)=O)[nH]2)cc1)C1=CCN=CN1.C=O.CN.CNCC(C)C.COC.COC=O. The number of rotatable bonds is 17. The van der Waals surface area contributed by atoms with E-state index in [1.54, 1.807) is 51.8 Å². The van der Waals surface area contributed by atoms with Gasteiger partial charge < -0.3 is 50.2 Å². The monoisotopic (exact) mass is 908 g/mol. The second-order valence-corrected chi connectivity index (χ2v) is 15.3. The van der Waals surface area contributed by atoms with Gasteiger partial charge in [-0.1, -0.05) is 66.0 Å². The number of carbonyl (C=O) groups excluding carboxylic acids is 3. The van der Waals surface area contributed by atoms with E-state index in [2.05, 4.69) is 105 Å². The number of hydrogen-bond acceptors (Lipinski definition) is 13. The summed E-state index contributed by atoms with van der Waals surface area (Å²) in [6, 6.07) is 8.80. The molecule has 0 bridgehead atoms. The number of aliphatic imine (C=N–C) groups is 2. The molecule has 15 nitrogen and oxygen atoms in total. The van der Waals surface area contributed by atoms with Crippen molar-refractivity contribution in [2.45, 2.75) is 93.2 Å². The second kappa shape index (κ2) is 42.3. The molecular weight excluding hydrogens is 823 g/mol. The number of aromatic amines is 1. The van der Waals surface area contributed by atoms with Crippen LogP contribution in [0.5, 0.6) is 0 Å². The van der Waals surface area contributed by atoms with Crippen molar-refractivity contribution in [2.24, 2.45) is 27.6 Å². The Labute approximate surface area is 392 Å². The van der Waals surface area contributed by atoms with Gasteiger partial charge in [-0.3, -0.25) is 19.6 Å². The Balaban J connectivity index is -0.00000108. The average molecular weight is 908 g/mol. The summed E-state index contributed by atoms with van der Waals surface area (Å²) in [4.78, 5) is 49.2. The fourth-order valence-electron chi connectivity index (χ4n) is 6.10. The van der Waals surface area contributed by atoms with Gasteiger partial charge in [0.1, 0.15) is 12.6 Å². The van der Waals surface area contributed by atoms with E-state index in [-0.39, 0.29) is 5.91 Å². The van der Waals surface area contributed by atoms with Gasteiger partial charge in [0.15, 0.2) is 0 Å². The van der Waals surface area contributed by atoms with Gasteiger partial charge in [0.2, 0.25) is 11.8 Å². The fraction of sp³-hybridized carbons (Fsp3) is 0.520. The van der Waals surface area contributed by atoms with Gasteiger partial charge in [-0.2, -0.15) is 0 Å². The summed E-state index contributed by atoms with van der Waals surface area (Å²) < 4.78 is 13.9. The summed E-state index contributed by atoms with van der Waals surface area (Å²) in [7, 11) is 9.74. The maximum atomic E-state index is 11.8. The summed E-state index contributed by atoms with van der Waals surface area (Å²) in [6.07, 6.45) is 18.1. The van der Waals surface area contributed by atoms with E-state index >= 15 is 0 Å². The van der Waals surface area contributed by atoms with Gasteiger partial charge in [0.25, 0.3) is 6.47 Å². The van der Waals surface area contributed by atoms with Crippen molar-refractivity contribution in [2.75, 3.05) is 68.7 Å². The minimum Gasteiger partial charge on any atom is -0.471 e. The van der Waals surface area contributed by atoms with Crippen LogP contribution >= 0.6 is 0 Å². The normalized spacial score (nSPS) is 13.8. The van der Waals surface area contributed by atoms with Gasteiger partial charge in [-0.05, 0) is 107 Å². The highest BCUT2D eigenvalue weighted by molar-refractivity contribution is 5.94. The van der Waals surface area contributed by atoms with Crippen molar-refractivity contribution in [3.63, 3.8) is 0 Å². The maximum Gasteiger partial charge on any atom is 0.292 e. The van der Waals surface area contributed by atoms with Gasteiger partial charge in [-0.25, -0.2) is 4.98 Å². The van der Waals surface area contributed by atoms with Crippen molar-refractivity contribution in [1.82, 2.24) is 30.4 Å². The molecular formula is C50H85N9O6. The van der Waals surface area contributed by atoms with Crippen LogP contribution in [0, 0.1) is 11.8 Å². The van der Waals surface area contributed by atoms with Crippen LogP contribution < -0.4 is 16.4 Å². The van der Waals surface area contributed by atoms with Crippen LogP contribution in [0.4, 0.5) is 0 Å². The molecule has 0 spiro atoms. The quantitative estimate of drug-likeness (QED) is 0.0402. The van der Waals surface area contributed by atoms with E-state index in [1.807, 2.05) is 62.5 Å². The molecule has 2 aromatic rings. The van der Waals surface area contributed by atoms with E-state index in [1.165, 1.54) is 39.2 Å².